The van der Waals surface area contributed by atoms with Gasteiger partial charge in [-0.2, -0.15) is 0 Å². The summed E-state index contributed by atoms with van der Waals surface area (Å²) in [5.74, 6) is 0.939. The Morgan fingerprint density at radius 2 is 0.852 bits per heavy atom. The van der Waals surface area contributed by atoms with Crippen LogP contribution in [0, 0.1) is 0 Å². The maximum Gasteiger partial charge on any atom is 0.145 e. The molecule has 3 aromatic heterocycles. The van der Waals surface area contributed by atoms with Crippen LogP contribution < -0.4 is 0 Å². The van der Waals surface area contributed by atoms with E-state index in [4.69, 9.17) is 4.98 Å². The van der Waals surface area contributed by atoms with E-state index >= 15 is 0 Å². The first-order valence-electron chi connectivity index (χ1n) is 18.5. The number of hydrogen-bond acceptors (Lipinski definition) is 1. The van der Waals surface area contributed by atoms with Crippen LogP contribution in [0.2, 0.25) is 0 Å². The third kappa shape index (κ3) is 4.72. The molecule has 0 bridgehead atoms. The molecule has 0 radical (unpaired) electrons. The Bertz CT molecular complexity index is 3170. The molecule has 0 aliphatic carbocycles. The lowest BCUT2D eigenvalue weighted by molar-refractivity contribution is 1.10. The van der Waals surface area contributed by atoms with E-state index in [1.165, 1.54) is 71.5 Å². The van der Waals surface area contributed by atoms with Gasteiger partial charge in [-0.05, 0) is 75.7 Å². The Labute approximate surface area is 312 Å². The molecule has 252 valence electrons. The maximum atomic E-state index is 5.06. The second kappa shape index (κ2) is 12.2. The van der Waals surface area contributed by atoms with Gasteiger partial charge in [0.05, 0.1) is 27.6 Å². The molecule has 0 saturated heterocycles. The summed E-state index contributed by atoms with van der Waals surface area (Å²) in [6.45, 7) is 0. The lowest BCUT2D eigenvalue weighted by Gasteiger charge is -2.11. The van der Waals surface area contributed by atoms with Crippen molar-refractivity contribution in [3.05, 3.63) is 200 Å². The van der Waals surface area contributed by atoms with Gasteiger partial charge in [-0.15, -0.1) is 0 Å². The van der Waals surface area contributed by atoms with E-state index < -0.39 is 0 Å². The van der Waals surface area contributed by atoms with E-state index in [1.54, 1.807) is 0 Å². The Morgan fingerprint density at radius 1 is 0.333 bits per heavy atom. The highest BCUT2D eigenvalue weighted by atomic mass is 15.1. The first kappa shape index (κ1) is 30.4. The highest BCUT2D eigenvalue weighted by molar-refractivity contribution is 6.22. The molecule has 3 nitrogen and oxygen atoms in total. The molecule has 54 heavy (non-hydrogen) atoms. The van der Waals surface area contributed by atoms with Crippen LogP contribution in [-0.2, 0) is 0 Å². The lowest BCUT2D eigenvalue weighted by atomic mass is 9.96. The van der Waals surface area contributed by atoms with Crippen LogP contribution in [-0.4, -0.2) is 14.0 Å². The highest BCUT2D eigenvalue weighted by Gasteiger charge is 2.20. The van der Waals surface area contributed by atoms with Gasteiger partial charge in [0.2, 0.25) is 0 Å². The standard InChI is InChI=1S/C51H33N3/c1-3-13-37(14-4-1)49-44-33-39(31-32-47(44)54-46-21-11-9-18-42(46)41-17-7-8-19-43(41)50(49)54)36-25-23-34(24-26-36)35-27-29-38(30-28-35)51-52-45-20-10-12-22-48(45)53(51)40-15-5-2-6-16-40/h1-33H. The van der Waals surface area contributed by atoms with Gasteiger partial charge < -0.3 is 4.40 Å². The smallest absolute Gasteiger partial charge is 0.145 e. The molecule has 8 aromatic carbocycles. The minimum atomic E-state index is 0.939. The minimum absolute atomic E-state index is 0.939. The molecular formula is C51H33N3. The van der Waals surface area contributed by atoms with Crippen LogP contribution in [0.1, 0.15) is 0 Å². The van der Waals surface area contributed by atoms with E-state index in [9.17, 15) is 0 Å². The first-order valence-corrected chi connectivity index (χ1v) is 18.5. The number of hydrogen-bond donors (Lipinski definition) is 0. The van der Waals surface area contributed by atoms with Gasteiger partial charge in [-0.25, -0.2) is 4.98 Å². The number of benzene rings is 8. The molecule has 0 fully saturated rings. The molecule has 0 aliphatic heterocycles. The van der Waals surface area contributed by atoms with Crippen molar-refractivity contribution in [3.63, 3.8) is 0 Å². The van der Waals surface area contributed by atoms with Crippen molar-refractivity contribution in [2.75, 3.05) is 0 Å². The number of aromatic nitrogens is 3. The topological polar surface area (TPSA) is 22.2 Å². The average Bonchev–Trinajstić information content (AvgIpc) is 3.81. The zero-order valence-electron chi connectivity index (χ0n) is 29.4. The van der Waals surface area contributed by atoms with E-state index in [0.717, 1.165) is 28.1 Å². The van der Waals surface area contributed by atoms with Gasteiger partial charge >= 0.3 is 0 Å². The third-order valence-electron chi connectivity index (χ3n) is 10.9. The molecule has 0 saturated carbocycles. The number of para-hydroxylation sites is 4. The Kier molecular flexibility index (Phi) is 6.86. The van der Waals surface area contributed by atoms with E-state index in [0.29, 0.717) is 0 Å². The van der Waals surface area contributed by atoms with Gasteiger partial charge in [-0.1, -0.05) is 158 Å². The second-order valence-electron chi connectivity index (χ2n) is 14.0. The number of pyridine rings is 1. The Morgan fingerprint density at radius 3 is 1.57 bits per heavy atom. The van der Waals surface area contributed by atoms with Crippen LogP contribution in [0.25, 0.3) is 99.6 Å². The van der Waals surface area contributed by atoms with Crippen LogP contribution in [0.15, 0.2) is 200 Å². The van der Waals surface area contributed by atoms with Crippen molar-refractivity contribution in [2.24, 2.45) is 0 Å². The molecule has 3 heterocycles. The van der Waals surface area contributed by atoms with Crippen LogP contribution in [0.5, 0.6) is 0 Å². The quantitative estimate of drug-likeness (QED) is 0.165. The van der Waals surface area contributed by atoms with Crippen molar-refractivity contribution in [1.29, 1.82) is 0 Å². The summed E-state index contributed by atoms with van der Waals surface area (Å²) in [5.41, 5.74) is 15.2. The fraction of sp³-hybridized carbons (Fsp3) is 0. The summed E-state index contributed by atoms with van der Waals surface area (Å²) < 4.78 is 4.72. The fourth-order valence-corrected chi connectivity index (χ4v) is 8.42. The lowest BCUT2D eigenvalue weighted by Crippen LogP contribution is -1.97. The number of rotatable bonds is 5. The van der Waals surface area contributed by atoms with Crippen molar-refractivity contribution < 1.29 is 0 Å². The van der Waals surface area contributed by atoms with Crippen LogP contribution in [0.3, 0.4) is 0 Å². The molecule has 0 spiro atoms. The zero-order valence-corrected chi connectivity index (χ0v) is 29.4. The van der Waals surface area contributed by atoms with Gasteiger partial charge in [0.25, 0.3) is 0 Å². The molecule has 0 N–H and O–H groups in total. The Hall–Kier alpha value is -7.23. The fourth-order valence-electron chi connectivity index (χ4n) is 8.42. The van der Waals surface area contributed by atoms with Crippen molar-refractivity contribution in [3.8, 4) is 50.5 Å². The SMILES string of the molecule is c1ccc(-c2c3cc(-c4ccc(-c5ccc(-c6nc7ccccc7n6-c6ccccc6)cc5)cc4)ccc3n3c4ccccc4c4ccccc4c23)cc1. The molecule has 0 atom stereocenters. The van der Waals surface area contributed by atoms with Crippen molar-refractivity contribution in [2.45, 2.75) is 0 Å². The summed E-state index contributed by atoms with van der Waals surface area (Å²) in [7, 11) is 0. The van der Waals surface area contributed by atoms with Gasteiger partial charge in [0.15, 0.2) is 0 Å². The van der Waals surface area contributed by atoms with Gasteiger partial charge in [-0.3, -0.25) is 4.57 Å². The minimum Gasteiger partial charge on any atom is -0.308 e. The highest BCUT2D eigenvalue weighted by Crippen LogP contribution is 2.43. The van der Waals surface area contributed by atoms with Crippen LogP contribution >= 0.6 is 0 Å². The monoisotopic (exact) mass is 687 g/mol. The second-order valence-corrected chi connectivity index (χ2v) is 14.0. The first-order chi connectivity index (χ1) is 26.8. The van der Waals surface area contributed by atoms with Gasteiger partial charge in [0, 0.05) is 33.0 Å². The molecule has 3 heteroatoms. The molecule has 11 aromatic rings. The van der Waals surface area contributed by atoms with Crippen molar-refractivity contribution in [1.82, 2.24) is 14.0 Å². The van der Waals surface area contributed by atoms with E-state index in [-0.39, 0.29) is 0 Å². The number of nitrogens with zero attached hydrogens (tertiary/aromatic N) is 3. The molecule has 11 rings (SSSR count). The number of fused-ring (bicyclic) bond motifs is 9. The summed E-state index contributed by atoms with van der Waals surface area (Å²) in [4.78, 5) is 5.06. The Balaban J connectivity index is 1.00. The number of imidazole rings is 1. The zero-order chi connectivity index (χ0) is 35.6. The van der Waals surface area contributed by atoms with Crippen LogP contribution in [0.4, 0.5) is 0 Å². The summed E-state index contributed by atoms with van der Waals surface area (Å²) in [5, 5.41) is 5.06. The summed E-state index contributed by atoms with van der Waals surface area (Å²) >= 11 is 0. The van der Waals surface area contributed by atoms with E-state index in [2.05, 4.69) is 203 Å². The molecule has 0 unspecified atom stereocenters. The normalized spacial score (nSPS) is 11.7. The molecular weight excluding hydrogens is 655 g/mol. The largest absolute Gasteiger partial charge is 0.308 e. The van der Waals surface area contributed by atoms with Crippen molar-refractivity contribution >= 4 is 49.1 Å². The maximum absolute atomic E-state index is 5.06. The molecule has 0 aliphatic rings. The predicted octanol–water partition coefficient (Wildman–Crippen LogP) is 13.4. The van der Waals surface area contributed by atoms with Gasteiger partial charge in [0.1, 0.15) is 5.82 Å². The summed E-state index contributed by atoms with van der Waals surface area (Å²) in [6.07, 6.45) is 0. The summed E-state index contributed by atoms with van der Waals surface area (Å²) in [6, 6.07) is 72.0. The predicted molar refractivity (Wildman–Crippen MR) is 226 cm³/mol. The van der Waals surface area contributed by atoms with E-state index in [1.807, 2.05) is 6.07 Å². The average molecular weight is 688 g/mol. The molecule has 0 amide bonds. The third-order valence-corrected chi connectivity index (χ3v) is 10.9.